The Morgan fingerprint density at radius 1 is 1.30 bits per heavy atom. The van der Waals surface area contributed by atoms with Gasteiger partial charge in [0.1, 0.15) is 0 Å². The monoisotopic (exact) mass is 295 g/mol. The van der Waals surface area contributed by atoms with Gasteiger partial charge in [0.05, 0.1) is 0 Å². The normalized spacial score (nSPS) is 13.3. The van der Waals surface area contributed by atoms with Crippen LogP contribution in [0.4, 0.5) is 5.69 Å². The molecular weight excluding hydrogens is 270 g/mol. The van der Waals surface area contributed by atoms with Crippen LogP contribution in [-0.2, 0) is 21.3 Å². The lowest BCUT2D eigenvalue weighted by Gasteiger charge is -2.18. The number of hydrogen-bond donors (Lipinski definition) is 1. The predicted octanol–water partition coefficient (Wildman–Crippen LogP) is 3.72. The quantitative estimate of drug-likeness (QED) is 0.900. The first-order valence-electron chi connectivity index (χ1n) is 6.96. The number of anilines is 1. The van der Waals surface area contributed by atoms with Crippen LogP contribution in [0.15, 0.2) is 24.3 Å². The van der Waals surface area contributed by atoms with Crippen molar-refractivity contribution in [1.82, 2.24) is 0 Å². The van der Waals surface area contributed by atoms with E-state index in [2.05, 4.69) is 5.32 Å². The van der Waals surface area contributed by atoms with E-state index in [9.17, 15) is 9.00 Å². The van der Waals surface area contributed by atoms with Crippen molar-refractivity contribution in [3.05, 3.63) is 29.8 Å². The third-order valence-corrected chi connectivity index (χ3v) is 4.75. The van der Waals surface area contributed by atoms with Crippen LogP contribution in [0, 0.1) is 5.92 Å². The Kier molecular flexibility index (Phi) is 5.93. The van der Waals surface area contributed by atoms with E-state index < -0.39 is 10.8 Å². The van der Waals surface area contributed by atoms with E-state index >= 15 is 0 Å². The Balaban J connectivity index is 2.71. The molecule has 1 atom stereocenters. The van der Waals surface area contributed by atoms with Crippen LogP contribution in [0.1, 0.15) is 46.6 Å². The van der Waals surface area contributed by atoms with Gasteiger partial charge in [-0.05, 0) is 44.4 Å². The zero-order valence-electron chi connectivity index (χ0n) is 13.0. The standard InChI is InChI=1S/C16H25NO2S/c1-12(2)9-15(18)17-14-8-6-7-13(10-14)11-20(19)16(3,4)5/h6-8,10,12H,9,11H2,1-5H3,(H,17,18)/t20-/m1/s1. The molecule has 0 saturated heterocycles. The van der Waals surface area contributed by atoms with E-state index in [1.54, 1.807) is 0 Å². The number of amides is 1. The smallest absolute Gasteiger partial charge is 0.224 e. The van der Waals surface area contributed by atoms with E-state index in [0.717, 1.165) is 11.3 Å². The zero-order valence-corrected chi connectivity index (χ0v) is 13.8. The highest BCUT2D eigenvalue weighted by atomic mass is 32.2. The average Bonchev–Trinajstić information content (AvgIpc) is 2.26. The molecule has 1 aromatic rings. The number of hydrogen-bond acceptors (Lipinski definition) is 2. The maximum Gasteiger partial charge on any atom is 0.224 e. The summed E-state index contributed by atoms with van der Waals surface area (Å²) in [6.45, 7) is 9.94. The molecular formula is C16H25NO2S. The summed E-state index contributed by atoms with van der Waals surface area (Å²) >= 11 is 0. The van der Waals surface area contributed by atoms with Gasteiger partial charge in [-0.2, -0.15) is 0 Å². The number of carbonyl (C=O) groups excluding carboxylic acids is 1. The number of carbonyl (C=O) groups is 1. The Morgan fingerprint density at radius 2 is 1.95 bits per heavy atom. The second kappa shape index (κ2) is 7.02. The van der Waals surface area contributed by atoms with Crippen molar-refractivity contribution in [2.75, 3.05) is 5.32 Å². The fourth-order valence-corrected chi connectivity index (χ4v) is 2.60. The van der Waals surface area contributed by atoms with Crippen LogP contribution < -0.4 is 5.32 Å². The van der Waals surface area contributed by atoms with Gasteiger partial charge in [0.15, 0.2) is 0 Å². The number of rotatable bonds is 5. The Hall–Kier alpha value is -1.16. The third-order valence-electron chi connectivity index (χ3n) is 2.79. The van der Waals surface area contributed by atoms with Crippen molar-refractivity contribution in [3.8, 4) is 0 Å². The van der Waals surface area contributed by atoms with Gasteiger partial charge in [-0.25, -0.2) is 0 Å². The molecule has 3 nitrogen and oxygen atoms in total. The topological polar surface area (TPSA) is 46.2 Å². The first-order chi connectivity index (χ1) is 9.18. The van der Waals surface area contributed by atoms with Gasteiger partial charge in [0.25, 0.3) is 0 Å². The molecule has 1 rings (SSSR count). The number of nitrogens with one attached hydrogen (secondary N) is 1. The summed E-state index contributed by atoms with van der Waals surface area (Å²) in [5, 5.41) is 2.89. The Morgan fingerprint density at radius 3 is 2.50 bits per heavy atom. The highest BCUT2D eigenvalue weighted by Gasteiger charge is 2.19. The minimum Gasteiger partial charge on any atom is -0.326 e. The van der Waals surface area contributed by atoms with Gasteiger partial charge in [-0.3, -0.25) is 9.00 Å². The molecule has 0 heterocycles. The SMILES string of the molecule is CC(C)CC(=O)Nc1cccc(C[S@@](=O)C(C)(C)C)c1. The first kappa shape index (κ1) is 16.9. The summed E-state index contributed by atoms with van der Waals surface area (Å²) in [4.78, 5) is 11.7. The van der Waals surface area contributed by atoms with Crippen molar-refractivity contribution >= 4 is 22.4 Å². The molecule has 0 saturated carbocycles. The van der Waals surface area contributed by atoms with Crippen molar-refractivity contribution < 1.29 is 9.00 Å². The zero-order chi connectivity index (χ0) is 15.3. The Bertz CT molecular complexity index is 489. The molecule has 4 heteroatoms. The molecule has 0 spiro atoms. The molecule has 0 aliphatic rings. The molecule has 0 aliphatic heterocycles. The van der Waals surface area contributed by atoms with E-state index in [1.165, 1.54) is 0 Å². The molecule has 112 valence electrons. The second-order valence-electron chi connectivity index (χ2n) is 6.45. The van der Waals surface area contributed by atoms with Crippen LogP contribution in [-0.4, -0.2) is 14.9 Å². The van der Waals surface area contributed by atoms with Crippen molar-refractivity contribution in [2.45, 2.75) is 51.5 Å². The molecule has 0 aliphatic carbocycles. The lowest BCUT2D eigenvalue weighted by atomic mass is 10.1. The van der Waals surface area contributed by atoms with Gasteiger partial charge in [0.2, 0.25) is 5.91 Å². The minimum absolute atomic E-state index is 0.0223. The molecule has 0 unspecified atom stereocenters. The summed E-state index contributed by atoms with van der Waals surface area (Å²) in [5.41, 5.74) is 1.76. The molecule has 1 aromatic carbocycles. The first-order valence-corrected chi connectivity index (χ1v) is 8.27. The molecule has 0 aromatic heterocycles. The molecule has 0 fully saturated rings. The van der Waals surface area contributed by atoms with Crippen molar-refractivity contribution in [3.63, 3.8) is 0 Å². The summed E-state index contributed by atoms with van der Waals surface area (Å²) in [6, 6.07) is 7.60. The van der Waals surface area contributed by atoms with E-state index in [0.29, 0.717) is 18.1 Å². The molecule has 1 N–H and O–H groups in total. The summed E-state index contributed by atoms with van der Waals surface area (Å²) in [5.74, 6) is 0.873. The summed E-state index contributed by atoms with van der Waals surface area (Å²) in [6.07, 6.45) is 0.512. The van der Waals surface area contributed by atoms with Crippen LogP contribution in [0.5, 0.6) is 0 Å². The third kappa shape index (κ3) is 5.87. The highest BCUT2D eigenvalue weighted by Crippen LogP contribution is 2.19. The van der Waals surface area contributed by atoms with Crippen molar-refractivity contribution in [1.29, 1.82) is 0 Å². The van der Waals surface area contributed by atoms with E-state index in [1.807, 2.05) is 58.9 Å². The van der Waals surface area contributed by atoms with Gasteiger partial charge >= 0.3 is 0 Å². The van der Waals surface area contributed by atoms with Gasteiger partial charge in [-0.15, -0.1) is 0 Å². The summed E-state index contributed by atoms with van der Waals surface area (Å²) < 4.78 is 11.9. The predicted molar refractivity (Wildman–Crippen MR) is 86.1 cm³/mol. The fourth-order valence-electron chi connectivity index (χ4n) is 1.69. The highest BCUT2D eigenvalue weighted by molar-refractivity contribution is 7.85. The molecule has 0 bridgehead atoms. The molecule has 20 heavy (non-hydrogen) atoms. The second-order valence-corrected chi connectivity index (χ2v) is 8.65. The minimum atomic E-state index is -0.931. The lowest BCUT2D eigenvalue weighted by molar-refractivity contribution is -0.116. The van der Waals surface area contributed by atoms with Crippen LogP contribution in [0.2, 0.25) is 0 Å². The molecule has 0 radical (unpaired) electrons. The van der Waals surface area contributed by atoms with Crippen LogP contribution in [0.3, 0.4) is 0 Å². The van der Waals surface area contributed by atoms with Gasteiger partial charge < -0.3 is 5.32 Å². The maximum atomic E-state index is 12.1. The van der Waals surface area contributed by atoms with Crippen LogP contribution in [0.25, 0.3) is 0 Å². The lowest BCUT2D eigenvalue weighted by Crippen LogP contribution is -2.23. The van der Waals surface area contributed by atoms with Gasteiger partial charge in [0, 0.05) is 33.4 Å². The number of benzene rings is 1. The van der Waals surface area contributed by atoms with Crippen molar-refractivity contribution in [2.24, 2.45) is 5.92 Å². The van der Waals surface area contributed by atoms with Crippen LogP contribution >= 0.6 is 0 Å². The maximum absolute atomic E-state index is 12.1. The van der Waals surface area contributed by atoms with Gasteiger partial charge in [-0.1, -0.05) is 26.0 Å². The van der Waals surface area contributed by atoms with E-state index in [4.69, 9.17) is 0 Å². The molecule has 1 amide bonds. The largest absolute Gasteiger partial charge is 0.326 e. The fraction of sp³-hybridized carbons (Fsp3) is 0.562. The average molecular weight is 295 g/mol. The van der Waals surface area contributed by atoms with E-state index in [-0.39, 0.29) is 10.7 Å². The Labute approximate surface area is 124 Å². The summed E-state index contributed by atoms with van der Waals surface area (Å²) in [7, 11) is -0.931.